The third-order valence-electron chi connectivity index (χ3n) is 2.72. The molecule has 16 heavy (non-hydrogen) atoms. The summed E-state index contributed by atoms with van der Waals surface area (Å²) in [5.41, 5.74) is 2.90. The number of hydrogen-bond donors (Lipinski definition) is 1. The van der Waals surface area contributed by atoms with Crippen LogP contribution < -0.4 is 5.32 Å². The lowest BCUT2D eigenvalue weighted by atomic mass is 9.98. The van der Waals surface area contributed by atoms with Crippen LogP contribution >= 0.6 is 0 Å². The molecule has 84 valence electrons. The maximum atomic E-state index is 11.7. The Morgan fingerprint density at radius 3 is 2.69 bits per heavy atom. The normalized spacial score (nSPS) is 19.9. The van der Waals surface area contributed by atoms with E-state index in [1.807, 2.05) is 31.2 Å². The second-order valence-corrected chi connectivity index (χ2v) is 4.38. The fourth-order valence-corrected chi connectivity index (χ4v) is 1.85. The van der Waals surface area contributed by atoms with Crippen LogP contribution in [0, 0.1) is 5.92 Å². The van der Waals surface area contributed by atoms with Gasteiger partial charge in [0.1, 0.15) is 6.04 Å². The number of carbonyl (C=O) groups is 1. The van der Waals surface area contributed by atoms with Gasteiger partial charge in [-0.05, 0) is 18.9 Å². The van der Waals surface area contributed by atoms with Crippen molar-refractivity contribution in [3.05, 3.63) is 29.8 Å². The van der Waals surface area contributed by atoms with Crippen molar-refractivity contribution in [2.45, 2.75) is 26.8 Å². The Labute approximate surface area is 95.6 Å². The molecule has 1 aromatic carbocycles. The molecule has 1 aliphatic rings. The molecular weight excluding hydrogens is 200 g/mol. The standard InChI is InChI=1S/C13H16N2O/c1-8(2)12-10-6-4-5-7-11(10)15-13(16)9(3)14-12/h4-9H,1-3H3,(H,15,16). The van der Waals surface area contributed by atoms with Crippen LogP contribution in [-0.2, 0) is 4.79 Å². The summed E-state index contributed by atoms with van der Waals surface area (Å²) in [4.78, 5) is 16.2. The van der Waals surface area contributed by atoms with Gasteiger partial charge >= 0.3 is 0 Å². The van der Waals surface area contributed by atoms with E-state index in [1.54, 1.807) is 0 Å². The molecule has 3 nitrogen and oxygen atoms in total. The molecular formula is C13H16N2O. The molecule has 1 amide bonds. The maximum Gasteiger partial charge on any atom is 0.248 e. The van der Waals surface area contributed by atoms with E-state index in [4.69, 9.17) is 0 Å². The predicted molar refractivity (Wildman–Crippen MR) is 65.9 cm³/mol. The van der Waals surface area contributed by atoms with Crippen LogP contribution in [-0.4, -0.2) is 17.7 Å². The molecule has 2 rings (SSSR count). The van der Waals surface area contributed by atoms with Gasteiger partial charge in [-0.25, -0.2) is 0 Å². The number of benzene rings is 1. The van der Waals surface area contributed by atoms with Crippen LogP contribution in [0.3, 0.4) is 0 Å². The molecule has 1 unspecified atom stereocenters. The van der Waals surface area contributed by atoms with Crippen molar-refractivity contribution in [1.29, 1.82) is 0 Å². The first-order valence-electron chi connectivity index (χ1n) is 5.57. The predicted octanol–water partition coefficient (Wildman–Crippen LogP) is 2.47. The zero-order valence-electron chi connectivity index (χ0n) is 9.82. The molecule has 0 saturated carbocycles. The van der Waals surface area contributed by atoms with Crippen LogP contribution in [0.5, 0.6) is 0 Å². The lowest BCUT2D eigenvalue weighted by Gasteiger charge is -2.11. The summed E-state index contributed by atoms with van der Waals surface area (Å²) in [5, 5.41) is 2.90. The highest BCUT2D eigenvalue weighted by Crippen LogP contribution is 2.23. The Bertz CT molecular complexity index is 449. The second-order valence-electron chi connectivity index (χ2n) is 4.38. The number of rotatable bonds is 1. The van der Waals surface area contributed by atoms with Crippen LogP contribution in [0.25, 0.3) is 0 Å². The van der Waals surface area contributed by atoms with Gasteiger partial charge < -0.3 is 5.32 Å². The van der Waals surface area contributed by atoms with Gasteiger partial charge in [0.2, 0.25) is 5.91 Å². The molecule has 0 radical (unpaired) electrons. The van der Waals surface area contributed by atoms with Gasteiger partial charge in [0, 0.05) is 17.0 Å². The third-order valence-corrected chi connectivity index (χ3v) is 2.72. The summed E-state index contributed by atoms with van der Waals surface area (Å²) in [6.07, 6.45) is 0. The van der Waals surface area contributed by atoms with Gasteiger partial charge in [-0.2, -0.15) is 0 Å². The van der Waals surface area contributed by atoms with Gasteiger partial charge in [-0.15, -0.1) is 0 Å². The molecule has 0 aliphatic carbocycles. The first-order chi connectivity index (χ1) is 7.59. The average molecular weight is 216 g/mol. The fraction of sp³-hybridized carbons (Fsp3) is 0.385. The molecule has 1 aliphatic heterocycles. The van der Waals surface area contributed by atoms with Gasteiger partial charge in [0.05, 0.1) is 0 Å². The minimum Gasteiger partial charge on any atom is -0.324 e. The van der Waals surface area contributed by atoms with Gasteiger partial charge in [-0.3, -0.25) is 9.79 Å². The van der Waals surface area contributed by atoms with Crippen molar-refractivity contribution >= 4 is 17.3 Å². The molecule has 0 aromatic heterocycles. The lowest BCUT2D eigenvalue weighted by molar-refractivity contribution is -0.116. The molecule has 0 saturated heterocycles. The Kier molecular flexibility index (Phi) is 2.77. The molecule has 0 spiro atoms. The van der Waals surface area contributed by atoms with Crippen molar-refractivity contribution in [2.75, 3.05) is 5.32 Å². The zero-order chi connectivity index (χ0) is 11.7. The first-order valence-corrected chi connectivity index (χ1v) is 5.57. The van der Waals surface area contributed by atoms with Crippen molar-refractivity contribution in [1.82, 2.24) is 0 Å². The summed E-state index contributed by atoms with van der Waals surface area (Å²) in [6, 6.07) is 7.51. The topological polar surface area (TPSA) is 41.5 Å². The molecule has 0 bridgehead atoms. The van der Waals surface area contributed by atoms with E-state index in [-0.39, 0.29) is 11.9 Å². The number of nitrogens with one attached hydrogen (secondary N) is 1. The van der Waals surface area contributed by atoms with Crippen LogP contribution in [0.15, 0.2) is 29.3 Å². The summed E-state index contributed by atoms with van der Waals surface area (Å²) in [6.45, 7) is 6.01. The van der Waals surface area contributed by atoms with Gasteiger partial charge in [0.25, 0.3) is 0 Å². The van der Waals surface area contributed by atoms with Gasteiger partial charge in [-0.1, -0.05) is 32.0 Å². The Hall–Kier alpha value is -1.64. The highest BCUT2D eigenvalue weighted by atomic mass is 16.2. The number of amides is 1. The number of carbonyl (C=O) groups excluding carboxylic acids is 1. The molecule has 3 heteroatoms. The Morgan fingerprint density at radius 2 is 2.00 bits per heavy atom. The minimum absolute atomic E-state index is 0.0388. The lowest BCUT2D eigenvalue weighted by Crippen LogP contribution is -2.22. The highest BCUT2D eigenvalue weighted by molar-refractivity contribution is 6.12. The number of anilines is 1. The maximum absolute atomic E-state index is 11.7. The Balaban J connectivity index is 2.57. The molecule has 1 N–H and O–H groups in total. The van der Waals surface area contributed by atoms with Gasteiger partial charge in [0.15, 0.2) is 0 Å². The highest BCUT2D eigenvalue weighted by Gasteiger charge is 2.22. The molecule has 1 aromatic rings. The van der Waals surface area contributed by atoms with Crippen LogP contribution in [0.1, 0.15) is 26.3 Å². The van der Waals surface area contributed by atoms with E-state index in [1.165, 1.54) is 0 Å². The van der Waals surface area contributed by atoms with Crippen LogP contribution in [0.2, 0.25) is 0 Å². The van der Waals surface area contributed by atoms with E-state index >= 15 is 0 Å². The van der Waals surface area contributed by atoms with Crippen molar-refractivity contribution < 1.29 is 4.79 Å². The second kappa shape index (κ2) is 4.08. The van der Waals surface area contributed by atoms with Crippen LogP contribution in [0.4, 0.5) is 5.69 Å². The van der Waals surface area contributed by atoms with E-state index in [2.05, 4.69) is 24.2 Å². The van der Waals surface area contributed by atoms with E-state index in [0.29, 0.717) is 5.92 Å². The van der Waals surface area contributed by atoms with E-state index < -0.39 is 0 Å². The van der Waals surface area contributed by atoms with E-state index in [9.17, 15) is 4.79 Å². The number of para-hydroxylation sites is 1. The summed E-state index contributed by atoms with van der Waals surface area (Å²) in [7, 11) is 0. The Morgan fingerprint density at radius 1 is 1.31 bits per heavy atom. The number of fused-ring (bicyclic) bond motifs is 1. The zero-order valence-corrected chi connectivity index (χ0v) is 9.82. The van der Waals surface area contributed by atoms with E-state index in [0.717, 1.165) is 17.0 Å². The number of hydrogen-bond acceptors (Lipinski definition) is 2. The molecule has 1 heterocycles. The number of aliphatic imine (C=N–C) groups is 1. The summed E-state index contributed by atoms with van der Waals surface area (Å²) >= 11 is 0. The third kappa shape index (κ3) is 1.85. The smallest absolute Gasteiger partial charge is 0.248 e. The summed E-state index contributed by atoms with van der Waals surface area (Å²) in [5.74, 6) is 0.277. The quantitative estimate of drug-likeness (QED) is 0.769. The SMILES string of the molecule is CC(C)C1=NC(C)C(=O)Nc2ccccc21. The molecule has 1 atom stereocenters. The molecule has 0 fully saturated rings. The minimum atomic E-state index is -0.315. The van der Waals surface area contributed by atoms with Crippen molar-refractivity contribution in [3.63, 3.8) is 0 Å². The fourth-order valence-electron chi connectivity index (χ4n) is 1.85. The van der Waals surface area contributed by atoms with Crippen molar-refractivity contribution in [2.24, 2.45) is 10.9 Å². The summed E-state index contributed by atoms with van der Waals surface area (Å²) < 4.78 is 0. The van der Waals surface area contributed by atoms with Crippen molar-refractivity contribution in [3.8, 4) is 0 Å². The average Bonchev–Trinajstić information content (AvgIpc) is 2.37. The first kappa shape index (κ1) is 10.9. The number of nitrogens with zero attached hydrogens (tertiary/aromatic N) is 1. The largest absolute Gasteiger partial charge is 0.324 e. The monoisotopic (exact) mass is 216 g/mol. The number of benzodiazepines with no additional fused rings is 1.